The maximum atomic E-state index is 13.5. The monoisotopic (exact) mass is 478 g/mol. The number of allylic oxidation sites excluding steroid dienone is 1. The molecule has 0 aromatic heterocycles. The molecule has 3 N–H and O–H groups in total. The summed E-state index contributed by atoms with van der Waals surface area (Å²) in [7, 11) is 1.62. The number of methoxy groups -OCH3 is 1. The van der Waals surface area contributed by atoms with Gasteiger partial charge in [-0.1, -0.05) is 24.8 Å². The predicted octanol–water partition coefficient (Wildman–Crippen LogP) is 4.39. The third-order valence-corrected chi connectivity index (χ3v) is 6.08. The van der Waals surface area contributed by atoms with E-state index in [4.69, 9.17) is 20.3 Å². The van der Waals surface area contributed by atoms with E-state index in [1.165, 1.54) is 12.1 Å². The normalized spacial score (nSPS) is 21.4. The van der Waals surface area contributed by atoms with Gasteiger partial charge in [-0.25, -0.2) is 9.45 Å². The number of aliphatic hydroxyl groups excluding tert-OH is 1. The van der Waals surface area contributed by atoms with E-state index < -0.39 is 0 Å². The van der Waals surface area contributed by atoms with Crippen LogP contribution in [0.3, 0.4) is 0 Å². The Labute approximate surface area is 205 Å². The van der Waals surface area contributed by atoms with Crippen LogP contribution in [-0.2, 0) is 4.84 Å². The van der Waals surface area contributed by atoms with Crippen LogP contribution in [0.2, 0.25) is 0 Å². The summed E-state index contributed by atoms with van der Waals surface area (Å²) in [5.41, 5.74) is 10.2. The number of halogens is 1. The van der Waals surface area contributed by atoms with Crippen LogP contribution in [-0.4, -0.2) is 42.9 Å². The Morgan fingerprint density at radius 3 is 2.77 bits per heavy atom. The Balaban J connectivity index is 1.68. The topological polar surface area (TPSA) is 83.5 Å². The molecular formula is C27H31FN4O3. The first-order valence-electron chi connectivity index (χ1n) is 11.5. The van der Waals surface area contributed by atoms with Gasteiger partial charge in [0.1, 0.15) is 11.6 Å². The summed E-state index contributed by atoms with van der Waals surface area (Å²) < 4.78 is 19.2. The highest BCUT2D eigenvalue weighted by atomic mass is 19.1. The Hall–Kier alpha value is -3.62. The van der Waals surface area contributed by atoms with E-state index in [2.05, 4.69) is 12.7 Å². The number of aliphatic hydroxyl groups is 1. The number of hydrogen-bond acceptors (Lipinski definition) is 7. The number of hydroxylamine groups is 2. The largest absolute Gasteiger partial charge is 0.495 e. The lowest BCUT2D eigenvalue weighted by Crippen LogP contribution is -2.47. The first kappa shape index (κ1) is 24.5. The van der Waals surface area contributed by atoms with Crippen LogP contribution in [0, 0.1) is 11.7 Å². The molecule has 0 amide bonds. The zero-order chi connectivity index (χ0) is 24.9. The van der Waals surface area contributed by atoms with Crippen molar-refractivity contribution < 1.29 is 19.1 Å². The fourth-order valence-electron chi connectivity index (χ4n) is 4.45. The van der Waals surface area contributed by atoms with Crippen LogP contribution >= 0.6 is 0 Å². The van der Waals surface area contributed by atoms with Gasteiger partial charge in [0.15, 0.2) is 5.84 Å². The smallest absolute Gasteiger partial charge is 0.151 e. The second kappa shape index (κ2) is 10.8. The molecule has 1 fully saturated rings. The van der Waals surface area contributed by atoms with E-state index in [0.717, 1.165) is 28.2 Å². The van der Waals surface area contributed by atoms with Crippen molar-refractivity contribution in [1.29, 1.82) is 0 Å². The van der Waals surface area contributed by atoms with Crippen molar-refractivity contribution in [3.05, 3.63) is 89.7 Å². The number of hydrogen-bond donors (Lipinski definition) is 2. The molecule has 0 bridgehead atoms. The summed E-state index contributed by atoms with van der Waals surface area (Å²) in [6.45, 7) is 6.55. The lowest BCUT2D eigenvalue weighted by atomic mass is 9.90. The molecule has 2 heterocycles. The number of amidine groups is 1. The molecule has 2 unspecified atom stereocenters. The average molecular weight is 479 g/mol. The lowest BCUT2D eigenvalue weighted by Gasteiger charge is -2.43. The summed E-state index contributed by atoms with van der Waals surface area (Å²) in [4.78, 5) is 12.6. The lowest BCUT2D eigenvalue weighted by molar-refractivity contribution is -0.156. The molecule has 0 radical (unpaired) electrons. The predicted molar refractivity (Wildman–Crippen MR) is 136 cm³/mol. The van der Waals surface area contributed by atoms with Crippen molar-refractivity contribution >= 4 is 17.6 Å². The number of fused-ring (bicyclic) bond motifs is 1. The fourth-order valence-corrected chi connectivity index (χ4v) is 4.45. The second-order valence-electron chi connectivity index (χ2n) is 8.58. The van der Waals surface area contributed by atoms with E-state index in [0.29, 0.717) is 31.0 Å². The van der Waals surface area contributed by atoms with Gasteiger partial charge in [-0.15, -0.1) is 0 Å². The van der Waals surface area contributed by atoms with E-state index in [9.17, 15) is 9.50 Å². The van der Waals surface area contributed by atoms with Gasteiger partial charge in [-0.05, 0) is 54.0 Å². The van der Waals surface area contributed by atoms with Gasteiger partial charge in [0.2, 0.25) is 0 Å². The maximum absolute atomic E-state index is 13.5. The zero-order valence-corrected chi connectivity index (χ0v) is 20.0. The van der Waals surface area contributed by atoms with Gasteiger partial charge < -0.3 is 20.5 Å². The number of ether oxygens (including phenoxy) is 1. The van der Waals surface area contributed by atoms with Crippen LogP contribution in [0.5, 0.6) is 5.75 Å². The molecule has 184 valence electrons. The molecule has 2 aromatic rings. The summed E-state index contributed by atoms with van der Waals surface area (Å²) in [5, 5.41) is 11.8. The second-order valence-corrected chi connectivity index (χ2v) is 8.58. The molecule has 0 aliphatic carbocycles. The van der Waals surface area contributed by atoms with Gasteiger partial charge in [0.25, 0.3) is 0 Å². The van der Waals surface area contributed by atoms with Crippen molar-refractivity contribution in [2.75, 3.05) is 31.8 Å². The Morgan fingerprint density at radius 2 is 2.11 bits per heavy atom. The Morgan fingerprint density at radius 1 is 1.34 bits per heavy atom. The molecule has 2 atom stereocenters. The molecule has 2 aliphatic rings. The van der Waals surface area contributed by atoms with Gasteiger partial charge >= 0.3 is 0 Å². The van der Waals surface area contributed by atoms with E-state index in [-0.39, 0.29) is 24.4 Å². The first-order valence-corrected chi connectivity index (χ1v) is 11.5. The third-order valence-electron chi connectivity index (χ3n) is 6.08. The van der Waals surface area contributed by atoms with E-state index >= 15 is 0 Å². The van der Waals surface area contributed by atoms with Crippen molar-refractivity contribution in [1.82, 2.24) is 5.06 Å². The van der Waals surface area contributed by atoms with Gasteiger partial charge in [-0.3, -0.25) is 9.83 Å². The van der Waals surface area contributed by atoms with Crippen molar-refractivity contribution in [3.8, 4) is 5.75 Å². The average Bonchev–Trinajstić information content (AvgIpc) is 2.87. The van der Waals surface area contributed by atoms with E-state index in [1.807, 2.05) is 30.0 Å². The van der Waals surface area contributed by atoms with Gasteiger partial charge in [0.05, 0.1) is 32.1 Å². The highest BCUT2D eigenvalue weighted by Crippen LogP contribution is 2.38. The van der Waals surface area contributed by atoms with Gasteiger partial charge in [-0.2, -0.15) is 0 Å². The zero-order valence-electron chi connectivity index (χ0n) is 20.0. The molecule has 35 heavy (non-hydrogen) atoms. The van der Waals surface area contributed by atoms with Crippen LogP contribution in [0.1, 0.15) is 30.5 Å². The van der Waals surface area contributed by atoms with Gasteiger partial charge in [0, 0.05) is 37.0 Å². The highest BCUT2D eigenvalue weighted by molar-refractivity contribution is 6.02. The minimum atomic E-state index is -0.302. The minimum Gasteiger partial charge on any atom is -0.495 e. The molecule has 4 rings (SSSR count). The van der Waals surface area contributed by atoms with E-state index in [1.54, 1.807) is 36.7 Å². The molecule has 0 spiro atoms. The number of benzene rings is 2. The summed E-state index contributed by atoms with van der Waals surface area (Å²) in [6.07, 6.45) is 6.22. The molecule has 0 saturated carbocycles. The number of nitrogens with zero attached hydrogens (tertiary/aromatic N) is 3. The number of rotatable bonds is 7. The number of aliphatic imine (C=N–C) groups is 1. The molecule has 2 aliphatic heterocycles. The number of nitrogens with two attached hydrogens (primary N) is 1. The summed E-state index contributed by atoms with van der Waals surface area (Å²) >= 11 is 0. The SMILES string of the molecule is C=CN(/C=C(/C)N)c1ccc(/C=C2\CCON3C2=NCC(CO)C3c2ccc(F)cc2)cc1OC. The van der Waals surface area contributed by atoms with Crippen molar-refractivity contribution in [2.24, 2.45) is 16.6 Å². The Kier molecular flexibility index (Phi) is 7.53. The standard InChI is InChI=1S/C27H31FN4O3/c1-4-31(16-18(2)29)24-10-5-19(14-25(24)34-3)13-21-11-12-35-32-26(20-6-8-23(28)9-7-20)22(17-33)15-30-27(21)32/h4-10,13-14,16,22,26,33H,1,11-12,15,17,29H2,2-3H3/b18-16-,21-13+. The molecular weight excluding hydrogens is 447 g/mol. The minimum absolute atomic E-state index is 0.0487. The van der Waals surface area contributed by atoms with Crippen molar-refractivity contribution in [3.63, 3.8) is 0 Å². The van der Waals surface area contributed by atoms with Crippen molar-refractivity contribution in [2.45, 2.75) is 19.4 Å². The van der Waals surface area contributed by atoms with Crippen LogP contribution < -0.4 is 15.4 Å². The summed E-state index contributed by atoms with van der Waals surface area (Å²) in [6, 6.07) is 12.0. The molecule has 8 heteroatoms. The van der Waals surface area contributed by atoms with Crippen LogP contribution in [0.4, 0.5) is 10.1 Å². The maximum Gasteiger partial charge on any atom is 0.151 e. The fraction of sp³-hybridized carbons (Fsp3) is 0.296. The Bertz CT molecular complexity index is 1160. The van der Waals surface area contributed by atoms with Crippen LogP contribution in [0.15, 0.2) is 77.7 Å². The number of anilines is 1. The molecule has 2 aromatic carbocycles. The molecule has 1 saturated heterocycles. The first-order chi connectivity index (χ1) is 16.9. The summed E-state index contributed by atoms with van der Waals surface area (Å²) in [5.74, 6) is 0.944. The third kappa shape index (κ3) is 5.23. The molecule has 7 nitrogen and oxygen atoms in total. The van der Waals surface area contributed by atoms with Crippen LogP contribution in [0.25, 0.3) is 6.08 Å². The quantitative estimate of drug-likeness (QED) is 0.614. The highest BCUT2D eigenvalue weighted by Gasteiger charge is 2.38.